The van der Waals surface area contributed by atoms with Crippen LogP contribution in [0.5, 0.6) is 0 Å². The molecule has 0 aliphatic heterocycles. The number of benzene rings is 2. The minimum Gasteiger partial charge on any atom is -0.356 e. The highest BCUT2D eigenvalue weighted by Crippen LogP contribution is 2.21. The van der Waals surface area contributed by atoms with Crippen molar-refractivity contribution < 1.29 is 4.79 Å². The summed E-state index contributed by atoms with van der Waals surface area (Å²) in [6.07, 6.45) is 6.57. The van der Waals surface area contributed by atoms with Crippen molar-refractivity contribution in [3.05, 3.63) is 82.9 Å². The Kier molecular flexibility index (Phi) is 7.84. The molecule has 3 heteroatoms. The van der Waals surface area contributed by atoms with E-state index in [4.69, 9.17) is 0 Å². The van der Waals surface area contributed by atoms with Crippen molar-refractivity contribution in [3.63, 3.8) is 0 Å². The summed E-state index contributed by atoms with van der Waals surface area (Å²) < 4.78 is 0. The fourth-order valence-electron chi connectivity index (χ4n) is 2.83. The van der Waals surface area contributed by atoms with Crippen LogP contribution in [-0.2, 0) is 11.3 Å². The lowest BCUT2D eigenvalue weighted by Gasteiger charge is -2.11. The van der Waals surface area contributed by atoms with Gasteiger partial charge in [0.2, 0.25) is 5.91 Å². The zero-order valence-electron chi connectivity index (χ0n) is 15.9. The van der Waals surface area contributed by atoms with E-state index >= 15 is 0 Å². The predicted octanol–water partition coefficient (Wildman–Crippen LogP) is 4.34. The number of hydrogen-bond acceptors (Lipinski definition) is 2. The van der Waals surface area contributed by atoms with E-state index in [9.17, 15) is 4.79 Å². The number of carbonyl (C=O) groups excluding carboxylic acids is 1. The van der Waals surface area contributed by atoms with Crippen LogP contribution >= 0.6 is 0 Å². The second kappa shape index (κ2) is 10.4. The van der Waals surface area contributed by atoms with Crippen molar-refractivity contribution in [2.75, 3.05) is 13.6 Å². The van der Waals surface area contributed by atoms with Gasteiger partial charge in [-0.25, -0.2) is 0 Å². The lowest BCUT2D eigenvalue weighted by Crippen LogP contribution is -2.15. The molecule has 0 unspecified atom stereocenters. The third kappa shape index (κ3) is 6.01. The summed E-state index contributed by atoms with van der Waals surface area (Å²) in [5, 5.41) is 6.08. The molecule has 3 nitrogen and oxygen atoms in total. The molecule has 0 aliphatic carbocycles. The predicted molar refractivity (Wildman–Crippen MR) is 111 cm³/mol. The fourth-order valence-corrected chi connectivity index (χ4v) is 2.83. The summed E-state index contributed by atoms with van der Waals surface area (Å²) in [5.41, 5.74) is 6.29. The lowest BCUT2D eigenvalue weighted by molar-refractivity contribution is -0.115. The Morgan fingerprint density at radius 2 is 1.81 bits per heavy atom. The average molecular weight is 348 g/mol. The number of likely N-dealkylation sites (N-methyl/N-ethyl adjacent to an activating group) is 1. The Bertz CT molecular complexity index is 773. The molecule has 136 valence electrons. The van der Waals surface area contributed by atoms with E-state index in [1.165, 1.54) is 28.3 Å². The first-order valence-electron chi connectivity index (χ1n) is 9.04. The van der Waals surface area contributed by atoms with E-state index in [2.05, 4.69) is 67.0 Å². The van der Waals surface area contributed by atoms with Crippen LogP contribution in [-0.4, -0.2) is 19.5 Å². The molecule has 2 aromatic carbocycles. The molecule has 1 amide bonds. The minimum atomic E-state index is -0.0934. The first-order valence-corrected chi connectivity index (χ1v) is 9.04. The van der Waals surface area contributed by atoms with E-state index in [-0.39, 0.29) is 5.91 Å². The molecule has 0 saturated carbocycles. The number of allylic oxidation sites excluding steroid dienone is 1. The Hall–Kier alpha value is -2.65. The zero-order valence-corrected chi connectivity index (χ0v) is 15.9. The van der Waals surface area contributed by atoms with Gasteiger partial charge in [-0.2, -0.15) is 0 Å². The summed E-state index contributed by atoms with van der Waals surface area (Å²) in [7, 11) is 1.62. The third-order valence-corrected chi connectivity index (χ3v) is 4.39. The van der Waals surface area contributed by atoms with Crippen LogP contribution in [0.1, 0.15) is 35.6 Å². The number of hydrogen-bond donors (Lipinski definition) is 2. The summed E-state index contributed by atoms with van der Waals surface area (Å²) in [6.45, 7) is 6.04. The normalized spacial score (nSPS) is 11.7. The van der Waals surface area contributed by atoms with Gasteiger partial charge in [0, 0.05) is 19.7 Å². The molecule has 26 heavy (non-hydrogen) atoms. The van der Waals surface area contributed by atoms with Crippen LogP contribution in [0.2, 0.25) is 0 Å². The highest BCUT2D eigenvalue weighted by molar-refractivity contribution is 5.91. The van der Waals surface area contributed by atoms with Crippen LogP contribution in [0.4, 0.5) is 0 Å². The van der Waals surface area contributed by atoms with Gasteiger partial charge in [-0.05, 0) is 60.7 Å². The standard InChI is InChI=1S/C23H28N2O/c1-4-21(22-8-6-5-7-18(22)2)15-16-25-17-20-11-9-19(10-12-20)13-14-23(26)24-3/h4-14,25H,15-17H2,1-3H3,(H,24,26)/b14-13+,21-4-. The zero-order chi connectivity index (χ0) is 18.8. The SMILES string of the molecule is C/C=C(/CCNCc1ccc(/C=C/C(=O)NC)cc1)c1ccccc1C. The number of amides is 1. The molecule has 2 rings (SSSR count). The molecule has 0 radical (unpaired) electrons. The first-order chi connectivity index (χ1) is 12.6. The molecule has 0 fully saturated rings. The molecule has 0 bridgehead atoms. The molecule has 0 saturated heterocycles. The van der Waals surface area contributed by atoms with Crippen LogP contribution in [0.3, 0.4) is 0 Å². The highest BCUT2D eigenvalue weighted by Gasteiger charge is 2.03. The van der Waals surface area contributed by atoms with Gasteiger partial charge < -0.3 is 10.6 Å². The minimum absolute atomic E-state index is 0.0934. The fraction of sp³-hybridized carbons (Fsp3) is 0.261. The van der Waals surface area contributed by atoms with Crippen molar-refractivity contribution in [2.24, 2.45) is 0 Å². The van der Waals surface area contributed by atoms with E-state index in [0.29, 0.717) is 0 Å². The number of nitrogens with one attached hydrogen (secondary N) is 2. The number of aryl methyl sites for hydroxylation is 1. The molecule has 2 N–H and O–H groups in total. The Labute approximate surface area is 156 Å². The van der Waals surface area contributed by atoms with Gasteiger partial charge in [-0.1, -0.05) is 54.6 Å². The van der Waals surface area contributed by atoms with Crippen molar-refractivity contribution in [1.29, 1.82) is 0 Å². The van der Waals surface area contributed by atoms with Crippen molar-refractivity contribution in [1.82, 2.24) is 10.6 Å². The molecule has 0 aromatic heterocycles. The smallest absolute Gasteiger partial charge is 0.243 e. The van der Waals surface area contributed by atoms with Crippen molar-refractivity contribution >= 4 is 17.6 Å². The van der Waals surface area contributed by atoms with Crippen molar-refractivity contribution in [2.45, 2.75) is 26.8 Å². The summed E-state index contributed by atoms with van der Waals surface area (Å²) in [4.78, 5) is 11.2. The molecule has 0 spiro atoms. The van der Waals surface area contributed by atoms with Gasteiger partial charge in [0.25, 0.3) is 0 Å². The van der Waals surface area contributed by atoms with Crippen LogP contribution in [0, 0.1) is 6.92 Å². The van der Waals surface area contributed by atoms with Crippen LogP contribution in [0.25, 0.3) is 11.6 Å². The van der Waals surface area contributed by atoms with Crippen LogP contribution < -0.4 is 10.6 Å². The van der Waals surface area contributed by atoms with Gasteiger partial charge >= 0.3 is 0 Å². The quantitative estimate of drug-likeness (QED) is 0.550. The topological polar surface area (TPSA) is 41.1 Å². The van der Waals surface area contributed by atoms with E-state index in [1.54, 1.807) is 7.05 Å². The van der Waals surface area contributed by atoms with E-state index < -0.39 is 0 Å². The molecular weight excluding hydrogens is 320 g/mol. The first kappa shape index (κ1) is 19.7. The summed E-state index contributed by atoms with van der Waals surface area (Å²) in [6, 6.07) is 16.8. The van der Waals surface area contributed by atoms with Gasteiger partial charge in [0.1, 0.15) is 0 Å². The number of rotatable bonds is 8. The highest BCUT2D eigenvalue weighted by atomic mass is 16.1. The third-order valence-electron chi connectivity index (χ3n) is 4.39. The molecule has 0 heterocycles. The van der Waals surface area contributed by atoms with Crippen LogP contribution in [0.15, 0.2) is 60.7 Å². The Morgan fingerprint density at radius 1 is 1.08 bits per heavy atom. The maximum Gasteiger partial charge on any atom is 0.243 e. The molecule has 0 aliphatic rings. The Morgan fingerprint density at radius 3 is 2.46 bits per heavy atom. The largest absolute Gasteiger partial charge is 0.356 e. The maximum absolute atomic E-state index is 11.2. The summed E-state index contributed by atoms with van der Waals surface area (Å²) in [5.74, 6) is -0.0934. The van der Waals surface area contributed by atoms with Crippen molar-refractivity contribution in [3.8, 4) is 0 Å². The number of carbonyl (C=O) groups is 1. The molecule has 0 atom stereocenters. The van der Waals surface area contributed by atoms with E-state index in [0.717, 1.165) is 25.1 Å². The molecule has 2 aromatic rings. The monoisotopic (exact) mass is 348 g/mol. The maximum atomic E-state index is 11.2. The van der Waals surface area contributed by atoms with Gasteiger partial charge in [0.05, 0.1) is 0 Å². The van der Waals surface area contributed by atoms with Gasteiger partial charge in [-0.15, -0.1) is 0 Å². The lowest BCUT2D eigenvalue weighted by atomic mass is 9.98. The second-order valence-electron chi connectivity index (χ2n) is 6.24. The van der Waals surface area contributed by atoms with Gasteiger partial charge in [0.15, 0.2) is 0 Å². The average Bonchev–Trinajstić information content (AvgIpc) is 2.68. The molecular formula is C23H28N2O. The summed E-state index contributed by atoms with van der Waals surface area (Å²) >= 11 is 0. The van der Waals surface area contributed by atoms with E-state index in [1.807, 2.05) is 18.2 Å². The Balaban J connectivity index is 1.81. The second-order valence-corrected chi connectivity index (χ2v) is 6.24. The van der Waals surface area contributed by atoms with Gasteiger partial charge in [-0.3, -0.25) is 4.79 Å².